The van der Waals surface area contributed by atoms with Crippen LogP contribution in [0.5, 0.6) is 5.88 Å². The standard InChI is InChI=1S/C25H23N3O/c1-2-23-21(10-6-14-26-23)22-11-7-15-27-24(22)16-20-12-13-25(28-17-20)29-18-19-8-4-3-5-9-19/h3-15,17H,2,16,18H2,1H3. The van der Waals surface area contributed by atoms with Crippen molar-refractivity contribution in [3.05, 3.63) is 108 Å². The van der Waals surface area contributed by atoms with Crippen molar-refractivity contribution in [1.82, 2.24) is 15.0 Å². The molecule has 0 N–H and O–H groups in total. The first kappa shape index (κ1) is 18.8. The van der Waals surface area contributed by atoms with Gasteiger partial charge in [0.2, 0.25) is 5.88 Å². The normalized spacial score (nSPS) is 10.7. The van der Waals surface area contributed by atoms with Crippen LogP contribution in [0, 0.1) is 0 Å². The minimum absolute atomic E-state index is 0.512. The molecule has 3 aromatic heterocycles. The third-order valence-corrected chi connectivity index (χ3v) is 4.80. The van der Waals surface area contributed by atoms with Gasteiger partial charge >= 0.3 is 0 Å². The van der Waals surface area contributed by atoms with Gasteiger partial charge < -0.3 is 4.74 Å². The fourth-order valence-corrected chi connectivity index (χ4v) is 3.31. The van der Waals surface area contributed by atoms with Crippen LogP contribution in [0.15, 0.2) is 85.3 Å². The summed E-state index contributed by atoms with van der Waals surface area (Å²) < 4.78 is 5.79. The molecule has 4 nitrogen and oxygen atoms in total. The maximum absolute atomic E-state index is 5.79. The summed E-state index contributed by atoms with van der Waals surface area (Å²) in [5.74, 6) is 0.624. The number of nitrogens with zero attached hydrogens (tertiary/aromatic N) is 3. The van der Waals surface area contributed by atoms with E-state index in [0.717, 1.165) is 40.1 Å². The van der Waals surface area contributed by atoms with Crippen LogP contribution >= 0.6 is 0 Å². The molecule has 0 atom stereocenters. The molecule has 4 aromatic rings. The highest BCUT2D eigenvalue weighted by atomic mass is 16.5. The molecule has 0 fully saturated rings. The Hall–Kier alpha value is -3.53. The van der Waals surface area contributed by atoms with Crippen molar-refractivity contribution >= 4 is 0 Å². The predicted molar refractivity (Wildman–Crippen MR) is 115 cm³/mol. The van der Waals surface area contributed by atoms with Gasteiger partial charge in [0.05, 0.1) is 5.69 Å². The summed E-state index contributed by atoms with van der Waals surface area (Å²) >= 11 is 0. The molecule has 0 aliphatic heterocycles. The summed E-state index contributed by atoms with van der Waals surface area (Å²) in [6, 6.07) is 22.2. The zero-order valence-electron chi connectivity index (χ0n) is 16.5. The number of pyridine rings is 3. The summed E-state index contributed by atoms with van der Waals surface area (Å²) in [5, 5.41) is 0. The van der Waals surface area contributed by atoms with E-state index in [-0.39, 0.29) is 0 Å². The Morgan fingerprint density at radius 2 is 1.41 bits per heavy atom. The Bertz CT molecular complexity index is 1060. The monoisotopic (exact) mass is 381 g/mol. The number of aromatic nitrogens is 3. The van der Waals surface area contributed by atoms with E-state index in [0.29, 0.717) is 18.9 Å². The fraction of sp³-hybridized carbons (Fsp3) is 0.160. The maximum Gasteiger partial charge on any atom is 0.213 e. The van der Waals surface area contributed by atoms with Gasteiger partial charge in [0, 0.05) is 47.9 Å². The molecule has 0 bridgehead atoms. The zero-order valence-corrected chi connectivity index (χ0v) is 16.5. The fourth-order valence-electron chi connectivity index (χ4n) is 3.31. The molecule has 0 saturated carbocycles. The molecule has 144 valence electrons. The first-order valence-electron chi connectivity index (χ1n) is 9.83. The lowest BCUT2D eigenvalue weighted by atomic mass is 9.98. The number of benzene rings is 1. The Morgan fingerprint density at radius 1 is 0.690 bits per heavy atom. The van der Waals surface area contributed by atoms with E-state index in [9.17, 15) is 0 Å². The van der Waals surface area contributed by atoms with Crippen LogP contribution in [0.4, 0.5) is 0 Å². The molecule has 1 aromatic carbocycles. The number of rotatable bonds is 7. The Morgan fingerprint density at radius 3 is 2.10 bits per heavy atom. The summed E-state index contributed by atoms with van der Waals surface area (Å²) in [6.07, 6.45) is 7.14. The molecule has 0 saturated heterocycles. The third-order valence-electron chi connectivity index (χ3n) is 4.80. The first-order valence-corrected chi connectivity index (χ1v) is 9.83. The molecule has 29 heavy (non-hydrogen) atoms. The molecular weight excluding hydrogens is 358 g/mol. The SMILES string of the molecule is CCc1ncccc1-c1cccnc1Cc1ccc(OCc2ccccc2)nc1. The average molecular weight is 381 g/mol. The van der Waals surface area contributed by atoms with Crippen molar-refractivity contribution < 1.29 is 4.74 Å². The molecule has 0 aliphatic carbocycles. The summed E-state index contributed by atoms with van der Waals surface area (Å²) in [7, 11) is 0. The molecule has 0 amide bonds. The quantitative estimate of drug-likeness (QED) is 0.437. The number of hydrogen-bond donors (Lipinski definition) is 0. The van der Waals surface area contributed by atoms with Crippen LogP contribution in [0.2, 0.25) is 0 Å². The summed E-state index contributed by atoms with van der Waals surface area (Å²) in [6.45, 7) is 2.64. The van der Waals surface area contributed by atoms with Gasteiger partial charge in [-0.3, -0.25) is 9.97 Å². The van der Waals surface area contributed by atoms with Gasteiger partial charge in [-0.15, -0.1) is 0 Å². The van der Waals surface area contributed by atoms with E-state index in [1.165, 1.54) is 0 Å². The number of hydrogen-bond acceptors (Lipinski definition) is 4. The van der Waals surface area contributed by atoms with Gasteiger partial charge in [-0.1, -0.05) is 55.5 Å². The first-order chi connectivity index (χ1) is 14.3. The van der Waals surface area contributed by atoms with Crippen molar-refractivity contribution in [2.24, 2.45) is 0 Å². The molecule has 3 heterocycles. The lowest BCUT2D eigenvalue weighted by Crippen LogP contribution is -2.00. The highest BCUT2D eigenvalue weighted by Crippen LogP contribution is 2.27. The molecule has 4 heteroatoms. The Labute approximate surface area is 171 Å². The number of ether oxygens (including phenoxy) is 1. The van der Waals surface area contributed by atoms with Gasteiger partial charge in [-0.2, -0.15) is 0 Å². The van der Waals surface area contributed by atoms with Crippen LogP contribution in [0.25, 0.3) is 11.1 Å². The third kappa shape index (κ3) is 4.66. The van der Waals surface area contributed by atoms with Crippen LogP contribution in [-0.4, -0.2) is 15.0 Å². The van der Waals surface area contributed by atoms with Crippen molar-refractivity contribution in [2.45, 2.75) is 26.4 Å². The van der Waals surface area contributed by atoms with Crippen LogP contribution < -0.4 is 4.74 Å². The second-order valence-electron chi connectivity index (χ2n) is 6.80. The van der Waals surface area contributed by atoms with Crippen molar-refractivity contribution in [3.8, 4) is 17.0 Å². The molecule has 0 radical (unpaired) electrons. The van der Waals surface area contributed by atoms with E-state index in [1.807, 2.05) is 67.1 Å². The van der Waals surface area contributed by atoms with Gasteiger partial charge in [-0.05, 0) is 29.7 Å². The van der Waals surface area contributed by atoms with Gasteiger partial charge in [-0.25, -0.2) is 4.98 Å². The minimum Gasteiger partial charge on any atom is -0.473 e. The minimum atomic E-state index is 0.512. The van der Waals surface area contributed by atoms with Gasteiger partial charge in [0.25, 0.3) is 0 Å². The van der Waals surface area contributed by atoms with Crippen molar-refractivity contribution in [2.75, 3.05) is 0 Å². The molecule has 0 unspecified atom stereocenters. The molecule has 0 aliphatic rings. The van der Waals surface area contributed by atoms with E-state index < -0.39 is 0 Å². The Kier molecular flexibility index (Phi) is 5.91. The predicted octanol–water partition coefficient (Wildman–Crippen LogP) is 5.27. The smallest absolute Gasteiger partial charge is 0.213 e. The lowest BCUT2D eigenvalue weighted by Gasteiger charge is -2.12. The zero-order chi connectivity index (χ0) is 19.9. The summed E-state index contributed by atoms with van der Waals surface area (Å²) in [5.41, 5.74) is 6.61. The molecule has 0 spiro atoms. The number of aryl methyl sites for hydroxylation is 1. The lowest BCUT2D eigenvalue weighted by molar-refractivity contribution is 0.294. The largest absolute Gasteiger partial charge is 0.473 e. The van der Waals surface area contributed by atoms with Crippen molar-refractivity contribution in [1.29, 1.82) is 0 Å². The van der Waals surface area contributed by atoms with Crippen LogP contribution in [0.1, 0.15) is 29.4 Å². The second kappa shape index (κ2) is 9.11. The average Bonchev–Trinajstić information content (AvgIpc) is 2.80. The topological polar surface area (TPSA) is 47.9 Å². The van der Waals surface area contributed by atoms with Gasteiger partial charge in [0.1, 0.15) is 6.61 Å². The van der Waals surface area contributed by atoms with E-state index >= 15 is 0 Å². The molecular formula is C25H23N3O. The molecule has 4 rings (SSSR count). The maximum atomic E-state index is 5.79. The Balaban J connectivity index is 1.50. The van der Waals surface area contributed by atoms with Crippen molar-refractivity contribution in [3.63, 3.8) is 0 Å². The highest BCUT2D eigenvalue weighted by molar-refractivity contribution is 5.68. The second-order valence-corrected chi connectivity index (χ2v) is 6.80. The summed E-state index contributed by atoms with van der Waals surface area (Å²) in [4.78, 5) is 13.6. The van der Waals surface area contributed by atoms with Crippen LogP contribution in [-0.2, 0) is 19.4 Å². The van der Waals surface area contributed by atoms with Crippen LogP contribution in [0.3, 0.4) is 0 Å². The van der Waals surface area contributed by atoms with Gasteiger partial charge in [0.15, 0.2) is 0 Å². The van der Waals surface area contributed by atoms with E-state index in [4.69, 9.17) is 4.74 Å². The highest BCUT2D eigenvalue weighted by Gasteiger charge is 2.11. The van der Waals surface area contributed by atoms with E-state index in [1.54, 1.807) is 0 Å². The van der Waals surface area contributed by atoms with E-state index in [2.05, 4.69) is 40.1 Å².